The lowest BCUT2D eigenvalue weighted by Gasteiger charge is -2.20. The molecule has 1 aromatic heterocycles. The first-order chi connectivity index (χ1) is 8.74. The Balaban J connectivity index is 1.77. The smallest absolute Gasteiger partial charge is 0.243 e. The van der Waals surface area contributed by atoms with Crippen molar-refractivity contribution >= 4 is 5.82 Å². The summed E-state index contributed by atoms with van der Waals surface area (Å²) in [6.45, 7) is 1.08. The van der Waals surface area contributed by atoms with E-state index in [9.17, 15) is 8.78 Å². The van der Waals surface area contributed by atoms with E-state index in [1.54, 1.807) is 0 Å². The molecule has 0 spiro atoms. The first kappa shape index (κ1) is 11.8. The topological polar surface area (TPSA) is 29.0 Å². The first-order valence-corrected chi connectivity index (χ1v) is 6.62. The summed E-state index contributed by atoms with van der Waals surface area (Å²) < 4.78 is 25.3. The van der Waals surface area contributed by atoms with E-state index < -0.39 is 12.3 Å². The number of rotatable bonds is 2. The fourth-order valence-corrected chi connectivity index (χ4v) is 2.83. The van der Waals surface area contributed by atoms with Crippen LogP contribution in [0.3, 0.4) is 0 Å². The van der Waals surface area contributed by atoms with Gasteiger partial charge in [0.15, 0.2) is 5.82 Å². The maximum atomic E-state index is 12.6. The van der Waals surface area contributed by atoms with E-state index in [2.05, 4.69) is 16.3 Å². The maximum Gasteiger partial charge on any atom is 0.243 e. The van der Waals surface area contributed by atoms with Crippen LogP contribution in [0.2, 0.25) is 0 Å². The second kappa shape index (κ2) is 4.78. The number of hydrogen-bond acceptors (Lipinski definition) is 3. The largest absolute Gasteiger partial charge is 0.355 e. The first-order valence-electron chi connectivity index (χ1n) is 6.62. The van der Waals surface area contributed by atoms with Gasteiger partial charge in [0.25, 0.3) is 0 Å². The number of anilines is 1. The van der Waals surface area contributed by atoms with Crippen LogP contribution in [0, 0.1) is 5.92 Å². The van der Waals surface area contributed by atoms with Gasteiger partial charge in [0.2, 0.25) is 6.43 Å². The molecular formula is C13H17F2N3. The second-order valence-electron chi connectivity index (χ2n) is 5.21. The van der Waals surface area contributed by atoms with Crippen molar-refractivity contribution in [3.05, 3.63) is 17.3 Å². The molecule has 2 heterocycles. The van der Waals surface area contributed by atoms with Crippen molar-refractivity contribution in [2.45, 2.75) is 38.5 Å². The summed E-state index contributed by atoms with van der Waals surface area (Å²) in [5, 5.41) is 8.45. The summed E-state index contributed by atoms with van der Waals surface area (Å²) in [5.74, 6) is 0.265. The number of alkyl halides is 2. The summed E-state index contributed by atoms with van der Waals surface area (Å²) in [6, 6.07) is 2.05. The minimum atomic E-state index is -2.22. The van der Waals surface area contributed by atoms with Crippen LogP contribution < -0.4 is 4.90 Å². The summed E-state index contributed by atoms with van der Waals surface area (Å²) in [6.07, 6.45) is 2.75. The van der Waals surface area contributed by atoms with Gasteiger partial charge in [-0.15, -0.1) is 5.10 Å². The second-order valence-corrected chi connectivity index (χ2v) is 5.21. The van der Waals surface area contributed by atoms with Crippen LogP contribution in [0.5, 0.6) is 0 Å². The molecule has 0 aromatic carbocycles. The molecule has 1 aromatic rings. The highest BCUT2D eigenvalue weighted by Gasteiger charge is 2.30. The molecule has 0 amide bonds. The molecule has 98 valence electrons. The van der Waals surface area contributed by atoms with Gasteiger partial charge in [-0.1, -0.05) is 0 Å². The lowest BCUT2D eigenvalue weighted by Crippen LogP contribution is -2.24. The zero-order valence-electron chi connectivity index (χ0n) is 10.3. The third-order valence-electron chi connectivity index (χ3n) is 3.96. The number of nitrogens with zero attached hydrogens (tertiary/aromatic N) is 3. The normalized spacial score (nSPS) is 23.5. The molecule has 1 saturated heterocycles. The molecule has 0 N–H and O–H groups in total. The average molecular weight is 253 g/mol. The standard InChI is InChI=1S/C13H17F2N3/c14-13(15)10-5-6-18(8-10)12-7-9-3-1-2-4-11(9)16-17-12/h7,10,13H,1-6,8H2. The Labute approximate surface area is 105 Å². The summed E-state index contributed by atoms with van der Waals surface area (Å²) in [4.78, 5) is 1.94. The van der Waals surface area contributed by atoms with Gasteiger partial charge < -0.3 is 4.90 Å². The zero-order chi connectivity index (χ0) is 12.5. The lowest BCUT2D eigenvalue weighted by atomic mass is 9.97. The van der Waals surface area contributed by atoms with Crippen molar-refractivity contribution < 1.29 is 8.78 Å². The molecule has 1 aliphatic carbocycles. The number of halogens is 2. The molecule has 0 bridgehead atoms. The minimum Gasteiger partial charge on any atom is -0.355 e. The van der Waals surface area contributed by atoms with Gasteiger partial charge in [0, 0.05) is 19.0 Å². The minimum absolute atomic E-state index is 0.408. The van der Waals surface area contributed by atoms with Crippen LogP contribution in [-0.4, -0.2) is 29.7 Å². The molecule has 1 aliphatic heterocycles. The highest BCUT2D eigenvalue weighted by atomic mass is 19.3. The molecule has 0 radical (unpaired) electrons. The Morgan fingerprint density at radius 1 is 1.22 bits per heavy atom. The highest BCUT2D eigenvalue weighted by Crippen LogP contribution is 2.28. The Morgan fingerprint density at radius 3 is 2.83 bits per heavy atom. The van der Waals surface area contributed by atoms with Crippen LogP contribution in [0.4, 0.5) is 14.6 Å². The van der Waals surface area contributed by atoms with Gasteiger partial charge >= 0.3 is 0 Å². The van der Waals surface area contributed by atoms with Crippen LogP contribution in [0.1, 0.15) is 30.5 Å². The molecule has 0 saturated carbocycles. The zero-order valence-corrected chi connectivity index (χ0v) is 10.3. The van der Waals surface area contributed by atoms with E-state index in [0.29, 0.717) is 19.5 Å². The van der Waals surface area contributed by atoms with Crippen molar-refractivity contribution in [1.29, 1.82) is 0 Å². The maximum absolute atomic E-state index is 12.6. The van der Waals surface area contributed by atoms with E-state index in [-0.39, 0.29) is 0 Å². The molecule has 2 aliphatic rings. The molecule has 1 atom stereocenters. The molecule has 1 fully saturated rings. The average Bonchev–Trinajstić information content (AvgIpc) is 2.88. The van der Waals surface area contributed by atoms with E-state index in [0.717, 1.165) is 24.4 Å². The Bertz CT molecular complexity index is 436. The predicted molar refractivity (Wildman–Crippen MR) is 65.0 cm³/mol. The third kappa shape index (κ3) is 2.18. The van der Waals surface area contributed by atoms with Gasteiger partial charge in [0.05, 0.1) is 5.69 Å². The van der Waals surface area contributed by atoms with Crippen LogP contribution in [0.25, 0.3) is 0 Å². The van der Waals surface area contributed by atoms with Gasteiger partial charge in [-0.25, -0.2) is 8.78 Å². The van der Waals surface area contributed by atoms with Crippen LogP contribution in [-0.2, 0) is 12.8 Å². The predicted octanol–water partition coefficient (Wildman–Crippen LogP) is 2.45. The number of fused-ring (bicyclic) bond motifs is 1. The van der Waals surface area contributed by atoms with Crippen LogP contribution >= 0.6 is 0 Å². The number of aromatic nitrogens is 2. The fraction of sp³-hybridized carbons (Fsp3) is 0.692. The molecule has 3 nitrogen and oxygen atoms in total. The number of aryl methyl sites for hydroxylation is 2. The molecule has 18 heavy (non-hydrogen) atoms. The van der Waals surface area contributed by atoms with Gasteiger partial charge in [-0.3, -0.25) is 0 Å². The highest BCUT2D eigenvalue weighted by molar-refractivity contribution is 5.43. The van der Waals surface area contributed by atoms with Gasteiger partial charge in [-0.05, 0) is 43.7 Å². The van der Waals surface area contributed by atoms with Crippen LogP contribution in [0.15, 0.2) is 6.07 Å². The SMILES string of the molecule is FC(F)C1CCN(c2cc3c(nn2)CCCC3)C1. The van der Waals surface area contributed by atoms with Crippen molar-refractivity contribution in [2.24, 2.45) is 5.92 Å². The summed E-state index contributed by atoms with van der Waals surface area (Å²) in [7, 11) is 0. The van der Waals surface area contributed by atoms with E-state index in [1.165, 1.54) is 18.4 Å². The fourth-order valence-electron chi connectivity index (χ4n) is 2.83. The molecule has 1 unspecified atom stereocenters. The Hall–Kier alpha value is -1.26. The molecule has 3 rings (SSSR count). The van der Waals surface area contributed by atoms with Crippen molar-refractivity contribution in [2.75, 3.05) is 18.0 Å². The van der Waals surface area contributed by atoms with E-state index in [1.807, 2.05) is 4.90 Å². The summed E-state index contributed by atoms with van der Waals surface area (Å²) >= 11 is 0. The van der Waals surface area contributed by atoms with E-state index in [4.69, 9.17) is 0 Å². The Kier molecular flexibility index (Phi) is 3.14. The van der Waals surface area contributed by atoms with E-state index >= 15 is 0 Å². The monoisotopic (exact) mass is 253 g/mol. The summed E-state index contributed by atoms with van der Waals surface area (Å²) in [5.41, 5.74) is 2.35. The van der Waals surface area contributed by atoms with Crippen molar-refractivity contribution in [3.63, 3.8) is 0 Å². The number of hydrogen-bond donors (Lipinski definition) is 0. The third-order valence-corrected chi connectivity index (χ3v) is 3.96. The van der Waals surface area contributed by atoms with Crippen molar-refractivity contribution in [1.82, 2.24) is 10.2 Å². The molecule has 5 heteroatoms. The molecular weight excluding hydrogens is 236 g/mol. The van der Waals surface area contributed by atoms with Gasteiger partial charge in [-0.2, -0.15) is 5.10 Å². The Morgan fingerprint density at radius 2 is 2.06 bits per heavy atom. The van der Waals surface area contributed by atoms with Crippen molar-refractivity contribution in [3.8, 4) is 0 Å². The lowest BCUT2D eigenvalue weighted by molar-refractivity contribution is 0.0880. The van der Waals surface area contributed by atoms with Gasteiger partial charge in [0.1, 0.15) is 0 Å². The quantitative estimate of drug-likeness (QED) is 0.810.